The molecule has 1 unspecified atom stereocenters. The molecule has 3 heteroatoms. The normalized spacial score (nSPS) is 13.6. The number of hydrogen-bond acceptors (Lipinski definition) is 3. The van der Waals surface area contributed by atoms with Crippen LogP contribution in [0.25, 0.3) is 0 Å². The summed E-state index contributed by atoms with van der Waals surface area (Å²) >= 11 is 0. The highest BCUT2D eigenvalue weighted by molar-refractivity contribution is 5.36. The minimum atomic E-state index is -0.457. The molecule has 2 aromatic carbocycles. The van der Waals surface area contributed by atoms with Gasteiger partial charge in [0.1, 0.15) is 11.5 Å². The zero-order valence-electron chi connectivity index (χ0n) is 12.2. The fourth-order valence-electron chi connectivity index (χ4n) is 2.29. The molecule has 0 saturated carbocycles. The smallest absolute Gasteiger partial charge is 0.119 e. The minimum absolute atomic E-state index is 0.457. The number of hydrogen-bond donors (Lipinski definition) is 1. The third-order valence-electron chi connectivity index (χ3n) is 3.43. The van der Waals surface area contributed by atoms with Gasteiger partial charge in [-0.25, -0.2) is 0 Å². The van der Waals surface area contributed by atoms with E-state index in [-0.39, 0.29) is 0 Å². The van der Waals surface area contributed by atoms with E-state index in [9.17, 15) is 0 Å². The Labute approximate surface area is 120 Å². The van der Waals surface area contributed by atoms with Crippen LogP contribution in [0.5, 0.6) is 11.5 Å². The van der Waals surface area contributed by atoms with Crippen molar-refractivity contribution in [1.82, 2.24) is 0 Å². The van der Waals surface area contributed by atoms with Gasteiger partial charge in [-0.2, -0.15) is 0 Å². The molecule has 20 heavy (non-hydrogen) atoms. The fraction of sp³-hybridized carbons (Fsp3) is 0.294. The first-order chi connectivity index (χ1) is 9.55. The largest absolute Gasteiger partial charge is 0.497 e. The van der Waals surface area contributed by atoms with Crippen molar-refractivity contribution >= 4 is 0 Å². The summed E-state index contributed by atoms with van der Waals surface area (Å²) in [6.45, 7) is 2.03. The van der Waals surface area contributed by atoms with Crippen LogP contribution < -0.4 is 15.2 Å². The van der Waals surface area contributed by atoms with Gasteiger partial charge in [0, 0.05) is 5.54 Å². The highest BCUT2D eigenvalue weighted by Gasteiger charge is 2.22. The van der Waals surface area contributed by atoms with Crippen molar-refractivity contribution in [2.75, 3.05) is 14.2 Å². The van der Waals surface area contributed by atoms with Crippen LogP contribution in [0, 0.1) is 0 Å². The van der Waals surface area contributed by atoms with E-state index < -0.39 is 5.54 Å². The molecule has 0 aliphatic heterocycles. The maximum Gasteiger partial charge on any atom is 0.119 e. The average molecular weight is 271 g/mol. The van der Waals surface area contributed by atoms with Gasteiger partial charge in [-0.05, 0) is 48.7 Å². The van der Waals surface area contributed by atoms with Gasteiger partial charge in [-0.1, -0.05) is 24.3 Å². The Balaban J connectivity index is 2.24. The van der Waals surface area contributed by atoms with Crippen LogP contribution in [0.3, 0.4) is 0 Å². The quantitative estimate of drug-likeness (QED) is 0.908. The molecule has 0 saturated heterocycles. The second-order valence-electron chi connectivity index (χ2n) is 5.18. The Morgan fingerprint density at radius 3 is 2.20 bits per heavy atom. The Morgan fingerprint density at radius 2 is 1.55 bits per heavy atom. The van der Waals surface area contributed by atoms with E-state index in [2.05, 4.69) is 6.07 Å². The first kappa shape index (κ1) is 14.4. The molecule has 0 bridgehead atoms. The molecule has 2 aromatic rings. The molecule has 0 radical (unpaired) electrons. The summed E-state index contributed by atoms with van der Waals surface area (Å²) in [5.41, 5.74) is 8.24. The van der Waals surface area contributed by atoms with Crippen molar-refractivity contribution in [3.8, 4) is 11.5 Å². The molecule has 0 amide bonds. The SMILES string of the molecule is COc1cccc(CC(C)(N)c2cccc(OC)c2)c1. The molecule has 0 spiro atoms. The highest BCUT2D eigenvalue weighted by Crippen LogP contribution is 2.27. The Kier molecular flexibility index (Phi) is 4.30. The number of nitrogens with two attached hydrogens (primary N) is 1. The predicted octanol–water partition coefficient (Wildman–Crippen LogP) is 3.12. The van der Waals surface area contributed by atoms with Crippen LogP contribution in [0.4, 0.5) is 0 Å². The van der Waals surface area contributed by atoms with Gasteiger partial charge < -0.3 is 15.2 Å². The van der Waals surface area contributed by atoms with E-state index >= 15 is 0 Å². The van der Waals surface area contributed by atoms with E-state index in [1.165, 1.54) is 0 Å². The number of rotatable bonds is 5. The molecular formula is C17H21NO2. The molecule has 2 rings (SSSR count). The lowest BCUT2D eigenvalue weighted by Gasteiger charge is -2.26. The molecule has 0 aliphatic carbocycles. The Bertz CT molecular complexity index is 579. The predicted molar refractivity (Wildman–Crippen MR) is 81.2 cm³/mol. The lowest BCUT2D eigenvalue weighted by Crippen LogP contribution is -2.35. The molecule has 0 aliphatic rings. The maximum atomic E-state index is 6.49. The average Bonchev–Trinajstić information content (AvgIpc) is 2.47. The molecule has 3 nitrogen and oxygen atoms in total. The van der Waals surface area contributed by atoms with Crippen LogP contribution in [0.1, 0.15) is 18.1 Å². The molecule has 106 valence electrons. The summed E-state index contributed by atoms with van der Waals surface area (Å²) in [7, 11) is 3.33. The summed E-state index contributed by atoms with van der Waals surface area (Å²) < 4.78 is 10.5. The van der Waals surface area contributed by atoms with Crippen LogP contribution in [-0.2, 0) is 12.0 Å². The maximum absolute atomic E-state index is 6.49. The summed E-state index contributed by atoms with van der Waals surface area (Å²) in [4.78, 5) is 0. The lowest BCUT2D eigenvalue weighted by atomic mass is 9.86. The van der Waals surface area contributed by atoms with E-state index in [1.807, 2.05) is 49.4 Å². The van der Waals surface area contributed by atoms with Gasteiger partial charge in [-0.3, -0.25) is 0 Å². The van der Waals surface area contributed by atoms with Crippen molar-refractivity contribution < 1.29 is 9.47 Å². The van der Waals surface area contributed by atoms with Crippen LogP contribution >= 0.6 is 0 Å². The summed E-state index contributed by atoms with van der Waals surface area (Å²) in [5, 5.41) is 0. The fourth-order valence-corrected chi connectivity index (χ4v) is 2.29. The third-order valence-corrected chi connectivity index (χ3v) is 3.43. The Morgan fingerprint density at radius 1 is 0.950 bits per heavy atom. The zero-order valence-corrected chi connectivity index (χ0v) is 12.2. The van der Waals surface area contributed by atoms with E-state index in [0.29, 0.717) is 0 Å². The van der Waals surface area contributed by atoms with Gasteiger partial charge in [0.25, 0.3) is 0 Å². The van der Waals surface area contributed by atoms with Crippen molar-refractivity contribution in [3.05, 3.63) is 59.7 Å². The number of ether oxygens (including phenoxy) is 2. The van der Waals surface area contributed by atoms with Crippen molar-refractivity contribution in [3.63, 3.8) is 0 Å². The van der Waals surface area contributed by atoms with E-state index in [4.69, 9.17) is 15.2 Å². The first-order valence-corrected chi connectivity index (χ1v) is 6.61. The topological polar surface area (TPSA) is 44.5 Å². The van der Waals surface area contributed by atoms with Crippen molar-refractivity contribution in [2.45, 2.75) is 18.9 Å². The monoisotopic (exact) mass is 271 g/mol. The van der Waals surface area contributed by atoms with E-state index in [0.717, 1.165) is 29.0 Å². The summed E-state index contributed by atoms with van der Waals surface area (Å²) in [6, 6.07) is 15.9. The van der Waals surface area contributed by atoms with Crippen LogP contribution in [-0.4, -0.2) is 14.2 Å². The molecule has 1 atom stereocenters. The van der Waals surface area contributed by atoms with Crippen LogP contribution in [0.15, 0.2) is 48.5 Å². The van der Waals surface area contributed by atoms with Crippen LogP contribution in [0.2, 0.25) is 0 Å². The molecule has 0 aromatic heterocycles. The molecular weight excluding hydrogens is 250 g/mol. The van der Waals surface area contributed by atoms with Gasteiger partial charge in [-0.15, -0.1) is 0 Å². The minimum Gasteiger partial charge on any atom is -0.497 e. The van der Waals surface area contributed by atoms with Crippen molar-refractivity contribution in [1.29, 1.82) is 0 Å². The third kappa shape index (κ3) is 3.31. The molecule has 0 fully saturated rings. The number of benzene rings is 2. The van der Waals surface area contributed by atoms with Gasteiger partial charge >= 0.3 is 0 Å². The summed E-state index contributed by atoms with van der Waals surface area (Å²) in [5.74, 6) is 1.67. The second kappa shape index (κ2) is 5.97. The lowest BCUT2D eigenvalue weighted by molar-refractivity contribution is 0.409. The molecule has 0 heterocycles. The van der Waals surface area contributed by atoms with Gasteiger partial charge in [0.05, 0.1) is 14.2 Å². The van der Waals surface area contributed by atoms with E-state index in [1.54, 1.807) is 14.2 Å². The standard InChI is InChI=1S/C17H21NO2/c1-17(18,14-7-5-9-16(11-14)20-3)12-13-6-4-8-15(10-13)19-2/h4-11H,12,18H2,1-3H3. The van der Waals surface area contributed by atoms with Crippen molar-refractivity contribution in [2.24, 2.45) is 5.73 Å². The second-order valence-corrected chi connectivity index (χ2v) is 5.18. The molecule has 2 N–H and O–H groups in total. The Hall–Kier alpha value is -2.00. The number of methoxy groups -OCH3 is 2. The summed E-state index contributed by atoms with van der Waals surface area (Å²) in [6.07, 6.45) is 0.733. The van der Waals surface area contributed by atoms with Gasteiger partial charge in [0.2, 0.25) is 0 Å². The first-order valence-electron chi connectivity index (χ1n) is 6.61. The highest BCUT2D eigenvalue weighted by atomic mass is 16.5. The zero-order chi connectivity index (χ0) is 14.6. The van der Waals surface area contributed by atoms with Gasteiger partial charge in [0.15, 0.2) is 0 Å².